The van der Waals surface area contributed by atoms with E-state index >= 15 is 0 Å². The first kappa shape index (κ1) is 11.1. The van der Waals surface area contributed by atoms with Crippen molar-refractivity contribution >= 4 is 12.0 Å². The third kappa shape index (κ3) is 2.60. The van der Waals surface area contributed by atoms with Crippen molar-refractivity contribution in [1.82, 2.24) is 9.55 Å². The maximum Gasteiger partial charge on any atom is 0.256 e. The SMILES string of the molecule is Cc1nccn1C(=O)/C=C/c1ccc(O)cc1. The van der Waals surface area contributed by atoms with E-state index in [0.29, 0.717) is 5.82 Å². The molecule has 1 aromatic carbocycles. The lowest BCUT2D eigenvalue weighted by Crippen LogP contribution is -2.07. The predicted octanol–water partition coefficient (Wildman–Crippen LogP) is 2.25. The minimum Gasteiger partial charge on any atom is -0.508 e. The highest BCUT2D eigenvalue weighted by molar-refractivity contribution is 5.93. The van der Waals surface area contributed by atoms with Gasteiger partial charge >= 0.3 is 0 Å². The lowest BCUT2D eigenvalue weighted by atomic mass is 10.2. The molecule has 0 radical (unpaired) electrons. The monoisotopic (exact) mass is 228 g/mol. The Morgan fingerprint density at radius 1 is 1.35 bits per heavy atom. The van der Waals surface area contributed by atoms with Gasteiger partial charge in [0.2, 0.25) is 0 Å². The Hall–Kier alpha value is -2.36. The fourth-order valence-electron chi connectivity index (χ4n) is 1.44. The Bertz CT molecular complexity index is 553. The van der Waals surface area contributed by atoms with Crippen molar-refractivity contribution in [3.05, 3.63) is 54.1 Å². The molecule has 0 bridgehead atoms. The normalized spacial score (nSPS) is 10.9. The summed E-state index contributed by atoms with van der Waals surface area (Å²) in [6.07, 6.45) is 6.38. The largest absolute Gasteiger partial charge is 0.508 e. The van der Waals surface area contributed by atoms with Crippen molar-refractivity contribution in [1.29, 1.82) is 0 Å². The number of aryl methyl sites for hydroxylation is 1. The summed E-state index contributed by atoms with van der Waals surface area (Å²) in [5.41, 5.74) is 0.855. The molecule has 4 heteroatoms. The average molecular weight is 228 g/mol. The van der Waals surface area contributed by atoms with Crippen LogP contribution in [-0.2, 0) is 0 Å². The van der Waals surface area contributed by atoms with Crippen molar-refractivity contribution in [3.8, 4) is 5.75 Å². The molecule has 86 valence electrons. The number of carbonyl (C=O) groups is 1. The van der Waals surface area contributed by atoms with Crippen LogP contribution in [0.3, 0.4) is 0 Å². The van der Waals surface area contributed by atoms with Crippen molar-refractivity contribution < 1.29 is 9.90 Å². The van der Waals surface area contributed by atoms with Gasteiger partial charge in [-0.25, -0.2) is 4.98 Å². The Balaban J connectivity index is 2.14. The van der Waals surface area contributed by atoms with Crippen molar-refractivity contribution in [2.75, 3.05) is 0 Å². The average Bonchev–Trinajstić information content (AvgIpc) is 2.74. The maximum atomic E-state index is 11.8. The Kier molecular flexibility index (Phi) is 3.05. The molecule has 0 spiro atoms. The molecular weight excluding hydrogens is 216 g/mol. The van der Waals surface area contributed by atoms with Crippen LogP contribution in [0, 0.1) is 6.92 Å². The molecule has 0 aliphatic rings. The summed E-state index contributed by atoms with van der Waals surface area (Å²) < 4.78 is 1.47. The van der Waals surface area contributed by atoms with Crippen LogP contribution in [0.4, 0.5) is 0 Å². The van der Waals surface area contributed by atoms with Gasteiger partial charge in [0.05, 0.1) is 0 Å². The van der Waals surface area contributed by atoms with E-state index in [4.69, 9.17) is 5.11 Å². The van der Waals surface area contributed by atoms with Crippen LogP contribution < -0.4 is 0 Å². The number of phenols is 1. The molecule has 0 amide bonds. The van der Waals surface area contributed by atoms with Crippen LogP contribution in [0.5, 0.6) is 5.75 Å². The molecule has 1 N–H and O–H groups in total. The van der Waals surface area contributed by atoms with Crippen LogP contribution >= 0.6 is 0 Å². The van der Waals surface area contributed by atoms with Crippen LogP contribution in [0.15, 0.2) is 42.7 Å². The number of hydrogen-bond acceptors (Lipinski definition) is 3. The third-order valence-electron chi connectivity index (χ3n) is 2.37. The summed E-state index contributed by atoms with van der Waals surface area (Å²) in [6.45, 7) is 1.77. The summed E-state index contributed by atoms with van der Waals surface area (Å²) in [4.78, 5) is 15.7. The second-order valence-electron chi connectivity index (χ2n) is 3.61. The first-order valence-electron chi connectivity index (χ1n) is 5.18. The van der Waals surface area contributed by atoms with E-state index in [2.05, 4.69) is 4.98 Å². The smallest absolute Gasteiger partial charge is 0.256 e. The number of benzene rings is 1. The Labute approximate surface area is 98.9 Å². The number of imidazole rings is 1. The molecule has 4 nitrogen and oxygen atoms in total. The third-order valence-corrected chi connectivity index (χ3v) is 2.37. The number of nitrogens with zero attached hydrogens (tertiary/aromatic N) is 2. The minimum absolute atomic E-state index is 0.145. The highest BCUT2D eigenvalue weighted by Gasteiger charge is 2.02. The highest BCUT2D eigenvalue weighted by Crippen LogP contribution is 2.10. The number of rotatable bonds is 2. The molecule has 0 aliphatic heterocycles. The van der Waals surface area contributed by atoms with Gasteiger partial charge in [0, 0.05) is 18.5 Å². The van der Waals surface area contributed by atoms with E-state index in [-0.39, 0.29) is 11.7 Å². The summed E-state index contributed by atoms with van der Waals surface area (Å²) in [5, 5.41) is 9.12. The lowest BCUT2D eigenvalue weighted by Gasteiger charge is -1.98. The van der Waals surface area contributed by atoms with Crippen molar-refractivity contribution in [3.63, 3.8) is 0 Å². The summed E-state index contributed by atoms with van der Waals surface area (Å²) in [7, 11) is 0. The summed E-state index contributed by atoms with van der Waals surface area (Å²) >= 11 is 0. The van der Waals surface area contributed by atoms with E-state index in [0.717, 1.165) is 5.56 Å². The van der Waals surface area contributed by atoms with E-state index in [9.17, 15) is 4.79 Å². The van der Waals surface area contributed by atoms with Crippen LogP contribution in [-0.4, -0.2) is 20.6 Å². The number of allylic oxidation sites excluding steroid dienone is 1. The molecule has 2 aromatic rings. The topological polar surface area (TPSA) is 55.1 Å². The van der Waals surface area contributed by atoms with E-state index in [1.807, 2.05) is 0 Å². The first-order chi connectivity index (χ1) is 8.16. The molecule has 1 heterocycles. The summed E-state index contributed by atoms with van der Waals surface area (Å²) in [6, 6.07) is 6.62. The first-order valence-corrected chi connectivity index (χ1v) is 5.18. The van der Waals surface area contributed by atoms with Crippen molar-refractivity contribution in [2.24, 2.45) is 0 Å². The van der Waals surface area contributed by atoms with Gasteiger partial charge in [-0.1, -0.05) is 12.1 Å². The van der Waals surface area contributed by atoms with Gasteiger partial charge in [-0.2, -0.15) is 0 Å². The Morgan fingerprint density at radius 3 is 2.65 bits per heavy atom. The second-order valence-corrected chi connectivity index (χ2v) is 3.61. The van der Waals surface area contributed by atoms with E-state index in [1.165, 1.54) is 10.6 Å². The van der Waals surface area contributed by atoms with Gasteiger partial charge in [-0.3, -0.25) is 9.36 Å². The van der Waals surface area contributed by atoms with Gasteiger partial charge in [0.15, 0.2) is 0 Å². The second kappa shape index (κ2) is 4.65. The van der Waals surface area contributed by atoms with Gasteiger partial charge in [-0.05, 0) is 30.7 Å². The zero-order valence-electron chi connectivity index (χ0n) is 9.37. The highest BCUT2D eigenvalue weighted by atomic mass is 16.3. The standard InChI is InChI=1S/C13H12N2O2/c1-10-14-8-9-15(10)13(17)7-4-11-2-5-12(16)6-3-11/h2-9,16H,1H3/b7-4+. The number of aromatic hydroxyl groups is 1. The summed E-state index contributed by atoms with van der Waals surface area (Å²) in [5.74, 6) is 0.720. The molecule has 0 unspecified atom stereocenters. The molecule has 0 atom stereocenters. The molecule has 0 aliphatic carbocycles. The van der Waals surface area contributed by atoms with Crippen LogP contribution in [0.2, 0.25) is 0 Å². The number of phenolic OH excluding ortho intramolecular Hbond substituents is 1. The number of carbonyl (C=O) groups excluding carboxylic acids is 1. The van der Waals surface area contributed by atoms with E-state index in [1.54, 1.807) is 49.7 Å². The Morgan fingerprint density at radius 2 is 2.06 bits per heavy atom. The molecule has 1 aromatic heterocycles. The number of aromatic nitrogens is 2. The maximum absolute atomic E-state index is 11.8. The zero-order valence-corrected chi connectivity index (χ0v) is 9.37. The molecule has 0 saturated heterocycles. The fourth-order valence-corrected chi connectivity index (χ4v) is 1.44. The quantitative estimate of drug-likeness (QED) is 0.802. The predicted molar refractivity (Wildman–Crippen MR) is 64.7 cm³/mol. The molecule has 2 rings (SSSR count). The van der Waals surface area contributed by atoms with E-state index < -0.39 is 0 Å². The fraction of sp³-hybridized carbons (Fsp3) is 0.0769. The molecule has 17 heavy (non-hydrogen) atoms. The lowest BCUT2D eigenvalue weighted by molar-refractivity contribution is 0.0967. The van der Waals surface area contributed by atoms with Gasteiger partial charge < -0.3 is 5.11 Å². The molecule has 0 fully saturated rings. The van der Waals surface area contributed by atoms with Crippen LogP contribution in [0.1, 0.15) is 16.2 Å². The van der Waals surface area contributed by atoms with Crippen LogP contribution in [0.25, 0.3) is 6.08 Å². The number of hydrogen-bond donors (Lipinski definition) is 1. The zero-order chi connectivity index (χ0) is 12.3. The van der Waals surface area contributed by atoms with Gasteiger partial charge in [0.1, 0.15) is 11.6 Å². The molecular formula is C13H12N2O2. The van der Waals surface area contributed by atoms with Crippen molar-refractivity contribution in [2.45, 2.75) is 6.92 Å². The minimum atomic E-state index is -0.145. The molecule has 0 saturated carbocycles. The van der Waals surface area contributed by atoms with Gasteiger partial charge in [0.25, 0.3) is 5.91 Å². The van der Waals surface area contributed by atoms with Gasteiger partial charge in [-0.15, -0.1) is 0 Å².